The van der Waals surface area contributed by atoms with Crippen molar-refractivity contribution >= 4 is 0 Å². The van der Waals surface area contributed by atoms with E-state index in [2.05, 4.69) is 43.4 Å². The molecule has 18 heavy (non-hydrogen) atoms. The monoisotopic (exact) mass is 247 g/mol. The van der Waals surface area contributed by atoms with Crippen molar-refractivity contribution in [2.75, 3.05) is 0 Å². The average molecular weight is 247 g/mol. The van der Waals surface area contributed by atoms with Gasteiger partial charge < -0.3 is 10.4 Å². The summed E-state index contributed by atoms with van der Waals surface area (Å²) >= 11 is 0. The lowest BCUT2D eigenvalue weighted by atomic mass is 9.99. The Bertz CT molecular complexity index is 377. The summed E-state index contributed by atoms with van der Waals surface area (Å²) in [5, 5.41) is 13.8. The highest BCUT2D eigenvalue weighted by Gasteiger charge is 2.23. The molecule has 0 bridgehead atoms. The number of aryl methyl sites for hydroxylation is 1. The molecule has 1 saturated carbocycles. The van der Waals surface area contributed by atoms with Crippen molar-refractivity contribution < 1.29 is 5.11 Å². The number of aliphatic hydroxyl groups is 1. The van der Waals surface area contributed by atoms with E-state index in [4.69, 9.17) is 0 Å². The molecule has 2 nitrogen and oxygen atoms in total. The lowest BCUT2D eigenvalue weighted by Gasteiger charge is -2.27. The van der Waals surface area contributed by atoms with Crippen LogP contribution in [0.25, 0.3) is 0 Å². The van der Waals surface area contributed by atoms with Gasteiger partial charge in [-0.25, -0.2) is 0 Å². The summed E-state index contributed by atoms with van der Waals surface area (Å²) in [5.74, 6) is 0. The van der Waals surface area contributed by atoms with Gasteiger partial charge in [0.1, 0.15) is 0 Å². The zero-order valence-electron chi connectivity index (χ0n) is 11.5. The maximum atomic E-state index is 10.2. The molecule has 0 saturated heterocycles. The Morgan fingerprint density at radius 2 is 1.89 bits per heavy atom. The maximum Gasteiger partial charge on any atom is 0.0693 e. The lowest BCUT2D eigenvalue weighted by molar-refractivity contribution is 0.115. The summed E-state index contributed by atoms with van der Waals surface area (Å²) in [5.41, 5.74) is 2.66. The van der Waals surface area contributed by atoms with Crippen molar-refractivity contribution in [3.8, 4) is 0 Å². The van der Waals surface area contributed by atoms with Gasteiger partial charge in [-0.05, 0) is 37.8 Å². The summed E-state index contributed by atoms with van der Waals surface area (Å²) in [6.45, 7) is 4.34. The number of benzene rings is 1. The highest BCUT2D eigenvalue weighted by Crippen LogP contribution is 2.23. The van der Waals surface area contributed by atoms with Crippen molar-refractivity contribution in [1.82, 2.24) is 5.32 Å². The molecule has 2 rings (SSSR count). The minimum Gasteiger partial charge on any atom is -0.392 e. The molecular formula is C16H25NO. The molecule has 1 aliphatic rings. The smallest absolute Gasteiger partial charge is 0.0693 e. The predicted octanol–water partition coefficient (Wildman–Crippen LogP) is 3.34. The summed E-state index contributed by atoms with van der Waals surface area (Å²) in [7, 11) is 0. The van der Waals surface area contributed by atoms with Crippen LogP contribution in [0.3, 0.4) is 0 Å². The predicted molar refractivity (Wildman–Crippen MR) is 75.6 cm³/mol. The molecule has 1 aliphatic carbocycles. The van der Waals surface area contributed by atoms with Crippen LogP contribution < -0.4 is 5.32 Å². The third kappa shape index (κ3) is 3.33. The Kier molecular flexibility index (Phi) is 4.79. The van der Waals surface area contributed by atoms with Crippen LogP contribution >= 0.6 is 0 Å². The van der Waals surface area contributed by atoms with E-state index in [1.807, 2.05) is 0 Å². The van der Waals surface area contributed by atoms with Crippen LogP contribution in [0.4, 0.5) is 0 Å². The van der Waals surface area contributed by atoms with E-state index in [1.165, 1.54) is 24.0 Å². The minimum atomic E-state index is -0.182. The standard InChI is InChI=1S/C16H25NO/c1-12-8-6-7-9-14(12)13(2)17-15-10-4-3-5-11-16(15)18/h6-9,13,15-18H,3-5,10-11H2,1-2H3/t13-,15?,16?/m0/s1. The van der Waals surface area contributed by atoms with Gasteiger partial charge in [0.15, 0.2) is 0 Å². The van der Waals surface area contributed by atoms with Crippen molar-refractivity contribution in [2.24, 2.45) is 0 Å². The minimum absolute atomic E-state index is 0.182. The zero-order valence-corrected chi connectivity index (χ0v) is 11.5. The van der Waals surface area contributed by atoms with E-state index in [9.17, 15) is 5.11 Å². The molecule has 0 aromatic heterocycles. The molecule has 100 valence electrons. The van der Waals surface area contributed by atoms with E-state index in [0.717, 1.165) is 19.3 Å². The summed E-state index contributed by atoms with van der Waals surface area (Å²) < 4.78 is 0. The molecule has 1 aromatic carbocycles. The number of rotatable bonds is 3. The molecular weight excluding hydrogens is 222 g/mol. The zero-order chi connectivity index (χ0) is 13.0. The summed E-state index contributed by atoms with van der Waals surface area (Å²) in [6, 6.07) is 9.05. The van der Waals surface area contributed by atoms with Gasteiger partial charge in [-0.15, -0.1) is 0 Å². The van der Waals surface area contributed by atoms with Crippen LogP contribution in [0, 0.1) is 6.92 Å². The van der Waals surface area contributed by atoms with Crippen LogP contribution in [0.15, 0.2) is 24.3 Å². The molecule has 1 aromatic rings. The second-order valence-electron chi connectivity index (χ2n) is 5.56. The molecule has 0 aliphatic heterocycles. The van der Waals surface area contributed by atoms with E-state index >= 15 is 0 Å². The summed E-state index contributed by atoms with van der Waals surface area (Å²) in [6.07, 6.45) is 5.51. The van der Waals surface area contributed by atoms with Gasteiger partial charge >= 0.3 is 0 Å². The molecule has 0 heterocycles. The fraction of sp³-hybridized carbons (Fsp3) is 0.625. The highest BCUT2D eigenvalue weighted by atomic mass is 16.3. The molecule has 2 heteroatoms. The first kappa shape index (κ1) is 13.6. The number of hydrogen-bond donors (Lipinski definition) is 2. The molecule has 2 N–H and O–H groups in total. The second kappa shape index (κ2) is 6.35. The van der Waals surface area contributed by atoms with E-state index in [1.54, 1.807) is 0 Å². The fourth-order valence-electron chi connectivity index (χ4n) is 2.97. The number of nitrogens with one attached hydrogen (secondary N) is 1. The van der Waals surface area contributed by atoms with Gasteiger partial charge in [-0.3, -0.25) is 0 Å². The fourth-order valence-corrected chi connectivity index (χ4v) is 2.97. The SMILES string of the molecule is Cc1ccccc1[C@H](C)NC1CCCCCC1O. The largest absolute Gasteiger partial charge is 0.392 e. The molecule has 0 amide bonds. The van der Waals surface area contributed by atoms with Gasteiger partial charge in [-0.1, -0.05) is 43.5 Å². The maximum absolute atomic E-state index is 10.2. The van der Waals surface area contributed by atoms with Crippen molar-refractivity contribution in [3.05, 3.63) is 35.4 Å². The van der Waals surface area contributed by atoms with Gasteiger partial charge in [0.2, 0.25) is 0 Å². The van der Waals surface area contributed by atoms with Crippen molar-refractivity contribution in [3.63, 3.8) is 0 Å². The Labute approximate surface area is 110 Å². The number of aliphatic hydroxyl groups excluding tert-OH is 1. The van der Waals surface area contributed by atoms with Crippen molar-refractivity contribution in [1.29, 1.82) is 0 Å². The third-order valence-corrected chi connectivity index (χ3v) is 4.10. The third-order valence-electron chi connectivity index (χ3n) is 4.10. The molecule has 0 spiro atoms. The van der Waals surface area contributed by atoms with Gasteiger partial charge in [0, 0.05) is 12.1 Å². The second-order valence-corrected chi connectivity index (χ2v) is 5.56. The Morgan fingerprint density at radius 1 is 1.17 bits per heavy atom. The molecule has 1 fully saturated rings. The highest BCUT2D eigenvalue weighted by molar-refractivity contribution is 5.28. The van der Waals surface area contributed by atoms with Gasteiger partial charge in [0.25, 0.3) is 0 Å². The van der Waals surface area contributed by atoms with E-state index in [-0.39, 0.29) is 12.1 Å². The Balaban J connectivity index is 2.02. The van der Waals surface area contributed by atoms with Gasteiger partial charge in [0.05, 0.1) is 6.10 Å². The average Bonchev–Trinajstić information content (AvgIpc) is 2.55. The topological polar surface area (TPSA) is 32.3 Å². The van der Waals surface area contributed by atoms with Crippen LogP contribution in [0.5, 0.6) is 0 Å². The van der Waals surface area contributed by atoms with Crippen LogP contribution in [-0.2, 0) is 0 Å². The first-order chi connectivity index (χ1) is 8.68. The Hall–Kier alpha value is -0.860. The quantitative estimate of drug-likeness (QED) is 0.803. The van der Waals surface area contributed by atoms with Crippen LogP contribution in [-0.4, -0.2) is 17.3 Å². The van der Waals surface area contributed by atoms with Crippen molar-refractivity contribution in [2.45, 2.75) is 64.1 Å². The molecule has 2 unspecified atom stereocenters. The molecule has 0 radical (unpaired) electrons. The Morgan fingerprint density at radius 3 is 2.67 bits per heavy atom. The first-order valence-electron chi connectivity index (χ1n) is 7.18. The first-order valence-corrected chi connectivity index (χ1v) is 7.18. The normalized spacial score (nSPS) is 26.6. The van der Waals surface area contributed by atoms with Gasteiger partial charge in [-0.2, -0.15) is 0 Å². The van der Waals surface area contributed by atoms with E-state index in [0.29, 0.717) is 6.04 Å². The van der Waals surface area contributed by atoms with Crippen LogP contribution in [0.2, 0.25) is 0 Å². The lowest BCUT2D eigenvalue weighted by Crippen LogP contribution is -2.40. The van der Waals surface area contributed by atoms with Crippen LogP contribution in [0.1, 0.15) is 56.2 Å². The molecule has 3 atom stereocenters. The summed E-state index contributed by atoms with van der Waals surface area (Å²) in [4.78, 5) is 0. The van der Waals surface area contributed by atoms with E-state index < -0.39 is 0 Å². The number of hydrogen-bond acceptors (Lipinski definition) is 2.